The van der Waals surface area contributed by atoms with E-state index in [2.05, 4.69) is 230 Å². The number of benzene rings is 9. The summed E-state index contributed by atoms with van der Waals surface area (Å²) in [6.07, 6.45) is 4.30. The van der Waals surface area contributed by atoms with Gasteiger partial charge in [0.25, 0.3) is 0 Å². The lowest BCUT2D eigenvalue weighted by molar-refractivity contribution is 0.752. The van der Waals surface area contributed by atoms with Gasteiger partial charge in [-0.1, -0.05) is 201 Å². The molecule has 2 aromatic heterocycles. The van der Waals surface area contributed by atoms with Gasteiger partial charge in [0, 0.05) is 21.9 Å². The zero-order valence-corrected chi connectivity index (χ0v) is 36.8. The van der Waals surface area contributed by atoms with Crippen molar-refractivity contribution in [3.05, 3.63) is 258 Å². The highest BCUT2D eigenvalue weighted by molar-refractivity contribution is 6.24. The smallest absolute Gasteiger partial charge is 0.164 e. The van der Waals surface area contributed by atoms with Crippen LogP contribution in [0, 0.1) is 0 Å². The predicted molar refractivity (Wildman–Crippen MR) is 277 cm³/mol. The first-order chi connectivity index (χ1) is 33.2. The zero-order valence-electron chi connectivity index (χ0n) is 36.8. The van der Waals surface area contributed by atoms with E-state index in [1.54, 1.807) is 0 Å². The molecular weight excluding hydrogens is 811 g/mol. The van der Waals surface area contributed by atoms with Crippen LogP contribution in [0.25, 0.3) is 106 Å². The van der Waals surface area contributed by atoms with Gasteiger partial charge in [0.15, 0.2) is 5.82 Å². The monoisotopic (exact) mass is 851 g/mol. The molecule has 312 valence electrons. The molecular formula is C64H41N3. The third-order valence-corrected chi connectivity index (χ3v) is 14.7. The van der Waals surface area contributed by atoms with Gasteiger partial charge in [0.2, 0.25) is 0 Å². The molecule has 0 saturated carbocycles. The van der Waals surface area contributed by atoms with E-state index in [4.69, 9.17) is 9.97 Å². The molecule has 3 aliphatic rings. The van der Waals surface area contributed by atoms with E-state index in [1.807, 2.05) is 6.08 Å². The van der Waals surface area contributed by atoms with E-state index >= 15 is 0 Å². The van der Waals surface area contributed by atoms with E-state index in [1.165, 1.54) is 66.4 Å². The lowest BCUT2D eigenvalue weighted by atomic mass is 9.72. The minimum absolute atomic E-state index is 0.681. The fourth-order valence-electron chi connectivity index (χ4n) is 12.0. The second-order valence-corrected chi connectivity index (χ2v) is 17.9. The van der Waals surface area contributed by atoms with Crippen molar-refractivity contribution in [3.8, 4) is 72.8 Å². The van der Waals surface area contributed by atoms with Crippen LogP contribution in [0.3, 0.4) is 0 Å². The molecule has 3 aliphatic carbocycles. The van der Waals surface area contributed by atoms with E-state index in [9.17, 15) is 0 Å². The topological polar surface area (TPSA) is 30.7 Å². The molecule has 1 spiro atoms. The number of aromatic nitrogens is 3. The van der Waals surface area contributed by atoms with Crippen molar-refractivity contribution < 1.29 is 0 Å². The molecule has 9 aromatic carbocycles. The highest BCUT2D eigenvalue weighted by Crippen LogP contribution is 2.62. The van der Waals surface area contributed by atoms with Crippen molar-refractivity contribution in [2.24, 2.45) is 0 Å². The third kappa shape index (κ3) is 5.06. The lowest BCUT2D eigenvalue weighted by Gasteiger charge is -2.29. The van der Waals surface area contributed by atoms with Crippen LogP contribution in [0.2, 0.25) is 0 Å². The summed E-state index contributed by atoms with van der Waals surface area (Å²) in [5, 5.41) is 2.39. The van der Waals surface area contributed by atoms with Gasteiger partial charge in [-0.05, 0) is 115 Å². The van der Waals surface area contributed by atoms with Gasteiger partial charge in [-0.15, -0.1) is 0 Å². The standard InChI is InChI=1S/C64H41N3/c1-3-39-27-20-31-48-51-36-44(41-23-10-6-11-24-41)38-56-59(51)58-50(45(4-2)57(39)48)35-43(40-21-8-5-9-22-40)37-55(58)67(56)63-60(42-25-12-7-13-26-42)65-61-49-30-16-19-34-54(49)64(62(61)66-63)52-32-17-14-28-46(52)47-29-15-18-33-53(47)64/h3-38H,1H2,2H3/b45-4-. The molecule has 2 heterocycles. The van der Waals surface area contributed by atoms with Crippen LogP contribution in [-0.2, 0) is 5.41 Å². The average Bonchev–Trinajstić information content (AvgIpc) is 3.97. The predicted octanol–water partition coefficient (Wildman–Crippen LogP) is 16.0. The Hall–Kier alpha value is -8.66. The Bertz CT molecular complexity index is 3880. The molecule has 0 amide bonds. The molecule has 67 heavy (non-hydrogen) atoms. The molecule has 0 atom stereocenters. The maximum atomic E-state index is 6.21. The summed E-state index contributed by atoms with van der Waals surface area (Å²) >= 11 is 0. The molecule has 0 bridgehead atoms. The number of rotatable bonds is 5. The quantitative estimate of drug-likeness (QED) is 0.173. The lowest BCUT2D eigenvalue weighted by Crippen LogP contribution is -2.27. The van der Waals surface area contributed by atoms with Gasteiger partial charge in [-0.2, -0.15) is 0 Å². The van der Waals surface area contributed by atoms with Crippen molar-refractivity contribution >= 4 is 33.5 Å². The summed E-state index contributed by atoms with van der Waals surface area (Å²) in [6, 6.07) is 75.2. The van der Waals surface area contributed by atoms with Gasteiger partial charge in [0.05, 0.1) is 27.8 Å². The fraction of sp³-hybridized carbons (Fsp3) is 0.0312. The zero-order chi connectivity index (χ0) is 44.4. The summed E-state index contributed by atoms with van der Waals surface area (Å²) in [5.74, 6) is 0.800. The molecule has 0 radical (unpaired) electrons. The molecule has 3 nitrogen and oxygen atoms in total. The van der Waals surface area contributed by atoms with Gasteiger partial charge in [-0.25, -0.2) is 9.97 Å². The molecule has 0 saturated heterocycles. The van der Waals surface area contributed by atoms with Gasteiger partial charge < -0.3 is 0 Å². The van der Waals surface area contributed by atoms with Crippen molar-refractivity contribution in [3.63, 3.8) is 0 Å². The van der Waals surface area contributed by atoms with Crippen molar-refractivity contribution in [2.45, 2.75) is 12.3 Å². The first-order valence-corrected chi connectivity index (χ1v) is 23.1. The number of fused-ring (bicyclic) bond motifs is 12. The minimum Gasteiger partial charge on any atom is -0.292 e. The van der Waals surface area contributed by atoms with Crippen molar-refractivity contribution in [1.29, 1.82) is 0 Å². The highest BCUT2D eigenvalue weighted by atomic mass is 15.1. The highest BCUT2D eigenvalue weighted by Gasteiger charge is 2.54. The second-order valence-electron chi connectivity index (χ2n) is 17.9. The van der Waals surface area contributed by atoms with Crippen LogP contribution < -0.4 is 0 Å². The van der Waals surface area contributed by atoms with Gasteiger partial charge in [-0.3, -0.25) is 4.57 Å². The summed E-state index contributed by atoms with van der Waals surface area (Å²) in [4.78, 5) is 12.1. The third-order valence-electron chi connectivity index (χ3n) is 14.7. The number of hydrogen-bond acceptors (Lipinski definition) is 2. The Morgan fingerprint density at radius 3 is 1.51 bits per heavy atom. The molecule has 0 unspecified atom stereocenters. The maximum absolute atomic E-state index is 6.21. The Morgan fingerprint density at radius 1 is 0.433 bits per heavy atom. The van der Waals surface area contributed by atoms with Crippen LogP contribution in [0.4, 0.5) is 0 Å². The number of allylic oxidation sites excluding steroid dienone is 1. The Kier molecular flexibility index (Phi) is 7.97. The summed E-state index contributed by atoms with van der Waals surface area (Å²) < 4.78 is 2.46. The fourth-order valence-corrected chi connectivity index (χ4v) is 12.0. The van der Waals surface area contributed by atoms with Crippen LogP contribution >= 0.6 is 0 Å². The van der Waals surface area contributed by atoms with E-state index < -0.39 is 5.41 Å². The normalized spacial score (nSPS) is 14.0. The summed E-state index contributed by atoms with van der Waals surface area (Å²) in [6.45, 7) is 6.53. The number of hydrogen-bond donors (Lipinski definition) is 0. The maximum Gasteiger partial charge on any atom is 0.164 e. The first kappa shape index (κ1) is 37.7. The molecule has 0 fully saturated rings. The molecule has 14 rings (SSSR count). The van der Waals surface area contributed by atoms with Crippen molar-refractivity contribution in [2.75, 3.05) is 0 Å². The van der Waals surface area contributed by atoms with Crippen LogP contribution in [0.1, 0.15) is 46.0 Å². The molecule has 11 aromatic rings. The Morgan fingerprint density at radius 2 is 0.925 bits per heavy atom. The Balaban J connectivity index is 1.21. The van der Waals surface area contributed by atoms with E-state index in [0.717, 1.165) is 72.9 Å². The summed E-state index contributed by atoms with van der Waals surface area (Å²) in [7, 11) is 0. The minimum atomic E-state index is -0.681. The molecule has 3 heteroatoms. The molecule has 0 N–H and O–H groups in total. The average molecular weight is 852 g/mol. The van der Waals surface area contributed by atoms with E-state index in [0.29, 0.717) is 0 Å². The van der Waals surface area contributed by atoms with Gasteiger partial charge in [0.1, 0.15) is 5.69 Å². The van der Waals surface area contributed by atoms with E-state index in [-0.39, 0.29) is 0 Å². The van der Waals surface area contributed by atoms with Crippen LogP contribution in [-0.4, -0.2) is 14.5 Å². The van der Waals surface area contributed by atoms with Crippen LogP contribution in [0.15, 0.2) is 219 Å². The van der Waals surface area contributed by atoms with Crippen LogP contribution in [0.5, 0.6) is 0 Å². The Labute approximate surface area is 389 Å². The summed E-state index contributed by atoms with van der Waals surface area (Å²) in [5.41, 5.74) is 24.1. The van der Waals surface area contributed by atoms with Crippen molar-refractivity contribution in [1.82, 2.24) is 14.5 Å². The van der Waals surface area contributed by atoms with Gasteiger partial charge >= 0.3 is 0 Å². The molecule has 0 aliphatic heterocycles. The second kappa shape index (κ2) is 14.2. The first-order valence-electron chi connectivity index (χ1n) is 23.1. The largest absolute Gasteiger partial charge is 0.292 e. The number of nitrogens with zero attached hydrogens (tertiary/aromatic N) is 3. The SMILES string of the molecule is C=Cc1cccc2c1/C(=C\C)c1cc(-c3ccccc3)cc3c1c1c-2cc(-c2ccccc2)cc1n3-c1nc2c(nc1-c1ccccc1)-c1ccccc1C21c2ccccc2-c2ccccc21.